The molecule has 0 saturated heterocycles. The van der Waals surface area contributed by atoms with Crippen molar-refractivity contribution in [3.8, 4) is 10.9 Å². The van der Waals surface area contributed by atoms with Crippen molar-refractivity contribution in [3.63, 3.8) is 0 Å². The lowest BCUT2D eigenvalue weighted by Crippen LogP contribution is -1.90. The Morgan fingerprint density at radius 1 is 1.43 bits per heavy atom. The highest BCUT2D eigenvalue weighted by molar-refractivity contribution is 7.11. The Kier molecular flexibility index (Phi) is 2.37. The monoisotopic (exact) mass is 206 g/mol. The second kappa shape index (κ2) is 3.67. The topological polar surface area (TPSA) is 48.1 Å². The van der Waals surface area contributed by atoms with Gasteiger partial charge in [-0.15, -0.1) is 0 Å². The van der Waals surface area contributed by atoms with Crippen molar-refractivity contribution in [1.29, 1.82) is 0 Å². The molecule has 0 aliphatic heterocycles. The molecule has 0 fully saturated rings. The summed E-state index contributed by atoms with van der Waals surface area (Å²) in [4.78, 5) is 4.04. The fraction of sp³-hybridized carbons (Fsp3) is 0.100. The van der Waals surface area contributed by atoms with Crippen LogP contribution in [0.4, 0.5) is 5.69 Å². The van der Waals surface area contributed by atoms with Crippen LogP contribution in [0.3, 0.4) is 0 Å². The average molecular weight is 206 g/mol. The number of benzene rings is 1. The minimum atomic E-state index is 0.638. The first-order valence-corrected chi connectivity index (χ1v) is 5.07. The first-order valence-electron chi connectivity index (χ1n) is 4.19. The molecule has 0 atom stereocenters. The third-order valence-electron chi connectivity index (χ3n) is 1.82. The normalized spacial score (nSPS) is 10.1. The van der Waals surface area contributed by atoms with E-state index in [0.717, 1.165) is 11.3 Å². The smallest absolute Gasteiger partial charge is 0.278 e. The molecule has 2 aromatic rings. The van der Waals surface area contributed by atoms with Crippen LogP contribution in [0.15, 0.2) is 29.8 Å². The minimum absolute atomic E-state index is 0.638. The standard InChI is InChI=1S/C10H10N2OS/c1-7-2-3-8(11)6-9(7)13-10-12-4-5-14-10/h2-6H,11H2,1H3. The first kappa shape index (κ1) is 9.02. The molecular formula is C10H10N2OS. The minimum Gasteiger partial charge on any atom is -0.431 e. The van der Waals surface area contributed by atoms with E-state index >= 15 is 0 Å². The average Bonchev–Trinajstić information content (AvgIpc) is 2.64. The van der Waals surface area contributed by atoms with Gasteiger partial charge in [0, 0.05) is 23.3 Å². The second-order valence-electron chi connectivity index (χ2n) is 2.93. The van der Waals surface area contributed by atoms with Crippen molar-refractivity contribution in [3.05, 3.63) is 35.3 Å². The quantitative estimate of drug-likeness (QED) is 0.768. The highest BCUT2D eigenvalue weighted by atomic mass is 32.1. The van der Waals surface area contributed by atoms with Gasteiger partial charge >= 0.3 is 0 Å². The van der Waals surface area contributed by atoms with E-state index < -0.39 is 0 Å². The van der Waals surface area contributed by atoms with Crippen molar-refractivity contribution in [2.75, 3.05) is 5.73 Å². The van der Waals surface area contributed by atoms with Gasteiger partial charge in [-0.3, -0.25) is 0 Å². The van der Waals surface area contributed by atoms with E-state index in [-0.39, 0.29) is 0 Å². The Morgan fingerprint density at radius 3 is 3.00 bits per heavy atom. The van der Waals surface area contributed by atoms with Gasteiger partial charge in [0.15, 0.2) is 0 Å². The predicted octanol–water partition coefficient (Wildman–Crippen LogP) is 2.83. The third-order valence-corrected chi connectivity index (χ3v) is 2.47. The Balaban J connectivity index is 2.28. The van der Waals surface area contributed by atoms with Gasteiger partial charge in [-0.2, -0.15) is 0 Å². The van der Waals surface area contributed by atoms with Crippen LogP contribution in [0.2, 0.25) is 0 Å². The molecule has 0 saturated carbocycles. The van der Waals surface area contributed by atoms with E-state index in [1.807, 2.05) is 24.4 Å². The van der Waals surface area contributed by atoms with E-state index in [1.165, 1.54) is 11.3 Å². The molecule has 4 heteroatoms. The molecule has 2 N–H and O–H groups in total. The van der Waals surface area contributed by atoms with Gasteiger partial charge in [-0.1, -0.05) is 17.4 Å². The molecule has 0 unspecified atom stereocenters. The first-order chi connectivity index (χ1) is 6.75. The molecule has 0 spiro atoms. The summed E-state index contributed by atoms with van der Waals surface area (Å²) in [5.41, 5.74) is 7.41. The van der Waals surface area contributed by atoms with Gasteiger partial charge in [-0.25, -0.2) is 4.98 Å². The summed E-state index contributed by atoms with van der Waals surface area (Å²) >= 11 is 1.46. The van der Waals surface area contributed by atoms with Gasteiger partial charge in [0.05, 0.1) is 0 Å². The zero-order chi connectivity index (χ0) is 9.97. The number of nitrogens with zero attached hydrogens (tertiary/aromatic N) is 1. The lowest BCUT2D eigenvalue weighted by molar-refractivity contribution is 0.475. The summed E-state index contributed by atoms with van der Waals surface area (Å²) in [6.45, 7) is 1.97. The molecule has 0 amide bonds. The number of ether oxygens (including phenoxy) is 1. The second-order valence-corrected chi connectivity index (χ2v) is 3.78. The fourth-order valence-electron chi connectivity index (χ4n) is 1.08. The predicted molar refractivity (Wildman–Crippen MR) is 57.8 cm³/mol. The van der Waals surface area contributed by atoms with Crippen molar-refractivity contribution < 1.29 is 4.74 Å². The maximum absolute atomic E-state index is 5.66. The molecule has 1 aromatic carbocycles. The molecule has 2 rings (SSSR count). The maximum atomic E-state index is 5.66. The lowest BCUT2D eigenvalue weighted by atomic mass is 10.2. The van der Waals surface area contributed by atoms with E-state index in [4.69, 9.17) is 10.5 Å². The van der Waals surface area contributed by atoms with E-state index in [1.54, 1.807) is 12.3 Å². The van der Waals surface area contributed by atoms with Crippen LogP contribution in [0.1, 0.15) is 5.56 Å². The summed E-state index contributed by atoms with van der Waals surface area (Å²) in [6, 6.07) is 5.58. The summed E-state index contributed by atoms with van der Waals surface area (Å²) in [5.74, 6) is 0.764. The Hall–Kier alpha value is -1.55. The van der Waals surface area contributed by atoms with E-state index in [0.29, 0.717) is 10.9 Å². The van der Waals surface area contributed by atoms with Gasteiger partial charge in [-0.05, 0) is 18.6 Å². The molecule has 3 nitrogen and oxygen atoms in total. The summed E-state index contributed by atoms with van der Waals surface area (Å²) in [5, 5.41) is 2.51. The largest absolute Gasteiger partial charge is 0.431 e. The number of aryl methyl sites for hydroxylation is 1. The number of thiazole rings is 1. The summed E-state index contributed by atoms with van der Waals surface area (Å²) < 4.78 is 5.56. The number of aromatic nitrogens is 1. The van der Waals surface area contributed by atoms with Crippen molar-refractivity contribution >= 4 is 17.0 Å². The van der Waals surface area contributed by atoms with Crippen LogP contribution in [-0.4, -0.2) is 4.98 Å². The molecule has 0 radical (unpaired) electrons. The van der Waals surface area contributed by atoms with Crippen LogP contribution in [0.5, 0.6) is 10.9 Å². The molecule has 1 aromatic heterocycles. The van der Waals surface area contributed by atoms with Crippen molar-refractivity contribution in [2.24, 2.45) is 0 Å². The third kappa shape index (κ3) is 1.85. The van der Waals surface area contributed by atoms with Crippen LogP contribution in [0.25, 0.3) is 0 Å². The Labute approximate surface area is 86.2 Å². The van der Waals surface area contributed by atoms with Crippen LogP contribution >= 0.6 is 11.3 Å². The van der Waals surface area contributed by atoms with Gasteiger partial charge in [0.1, 0.15) is 5.75 Å². The molecule has 72 valence electrons. The number of hydrogen-bond acceptors (Lipinski definition) is 4. The van der Waals surface area contributed by atoms with Crippen molar-refractivity contribution in [1.82, 2.24) is 4.98 Å². The van der Waals surface area contributed by atoms with Gasteiger partial charge < -0.3 is 10.5 Å². The number of rotatable bonds is 2. The maximum Gasteiger partial charge on any atom is 0.278 e. The molecule has 14 heavy (non-hydrogen) atoms. The molecule has 0 bridgehead atoms. The highest BCUT2D eigenvalue weighted by Gasteiger charge is 2.03. The van der Waals surface area contributed by atoms with Crippen molar-refractivity contribution in [2.45, 2.75) is 6.92 Å². The highest BCUT2D eigenvalue weighted by Crippen LogP contribution is 2.27. The number of nitrogens with two attached hydrogens (primary N) is 1. The Bertz CT molecular complexity index is 426. The number of anilines is 1. The lowest BCUT2D eigenvalue weighted by Gasteiger charge is -2.05. The molecule has 0 aliphatic rings. The molecule has 1 heterocycles. The summed E-state index contributed by atoms with van der Waals surface area (Å²) in [7, 11) is 0. The number of hydrogen-bond donors (Lipinski definition) is 1. The van der Waals surface area contributed by atoms with E-state index in [2.05, 4.69) is 4.98 Å². The fourth-order valence-corrected chi connectivity index (χ4v) is 1.58. The van der Waals surface area contributed by atoms with E-state index in [9.17, 15) is 0 Å². The van der Waals surface area contributed by atoms with Crippen LogP contribution < -0.4 is 10.5 Å². The zero-order valence-electron chi connectivity index (χ0n) is 7.73. The van der Waals surface area contributed by atoms with Gasteiger partial charge in [0.25, 0.3) is 5.19 Å². The Morgan fingerprint density at radius 2 is 2.29 bits per heavy atom. The SMILES string of the molecule is Cc1ccc(N)cc1Oc1nccs1. The zero-order valence-corrected chi connectivity index (χ0v) is 8.54. The van der Waals surface area contributed by atoms with Crippen LogP contribution in [-0.2, 0) is 0 Å². The molecular weight excluding hydrogens is 196 g/mol. The number of nitrogen functional groups attached to an aromatic ring is 1. The van der Waals surface area contributed by atoms with Gasteiger partial charge in [0.2, 0.25) is 0 Å². The molecule has 0 aliphatic carbocycles. The summed E-state index contributed by atoms with van der Waals surface area (Å²) in [6.07, 6.45) is 1.71. The van der Waals surface area contributed by atoms with Crippen LogP contribution in [0, 0.1) is 6.92 Å².